The van der Waals surface area contributed by atoms with Crippen LogP contribution in [0.2, 0.25) is 0 Å². The molecule has 2 rings (SSSR count). The third-order valence-electron chi connectivity index (χ3n) is 5.47. The van der Waals surface area contributed by atoms with Crippen molar-refractivity contribution in [2.45, 2.75) is 71.6 Å². The summed E-state index contributed by atoms with van der Waals surface area (Å²) in [7, 11) is 0. The molecule has 18 heavy (non-hydrogen) atoms. The smallest absolute Gasteiger partial charge is 0.00178 e. The van der Waals surface area contributed by atoms with E-state index in [1.165, 1.54) is 70.9 Å². The Bertz CT molecular complexity index is 218. The van der Waals surface area contributed by atoms with Crippen molar-refractivity contribution >= 4 is 0 Å². The van der Waals surface area contributed by atoms with Crippen LogP contribution in [0.5, 0.6) is 0 Å². The zero-order chi connectivity index (χ0) is 12.8. The lowest BCUT2D eigenvalue weighted by Crippen LogP contribution is -2.36. The van der Waals surface area contributed by atoms with Gasteiger partial charge in [-0.2, -0.15) is 0 Å². The van der Waals surface area contributed by atoms with Gasteiger partial charge in [-0.05, 0) is 68.9 Å². The van der Waals surface area contributed by atoms with Crippen LogP contribution in [0.1, 0.15) is 71.6 Å². The summed E-state index contributed by atoms with van der Waals surface area (Å²) in [6, 6.07) is 0. The normalized spacial score (nSPS) is 37.7. The van der Waals surface area contributed by atoms with Crippen LogP contribution in [-0.4, -0.2) is 13.1 Å². The van der Waals surface area contributed by atoms with Crippen LogP contribution >= 0.6 is 0 Å². The van der Waals surface area contributed by atoms with E-state index in [-0.39, 0.29) is 0 Å². The summed E-state index contributed by atoms with van der Waals surface area (Å²) in [5.74, 6) is 4.11. The lowest BCUT2D eigenvalue weighted by Gasteiger charge is -2.40. The van der Waals surface area contributed by atoms with E-state index >= 15 is 0 Å². The zero-order valence-electron chi connectivity index (χ0n) is 12.6. The van der Waals surface area contributed by atoms with Crippen molar-refractivity contribution in [2.24, 2.45) is 23.7 Å². The molecular weight excluding hydrogens is 218 g/mol. The van der Waals surface area contributed by atoms with Crippen LogP contribution in [0.4, 0.5) is 0 Å². The Morgan fingerprint density at radius 2 is 1.67 bits per heavy atom. The summed E-state index contributed by atoms with van der Waals surface area (Å²) < 4.78 is 0. The van der Waals surface area contributed by atoms with E-state index in [9.17, 15) is 0 Å². The first-order valence-electron chi connectivity index (χ1n) is 8.52. The minimum atomic E-state index is 0.990. The van der Waals surface area contributed by atoms with E-state index < -0.39 is 0 Å². The molecule has 106 valence electrons. The quantitative estimate of drug-likeness (QED) is 0.703. The highest BCUT2D eigenvalue weighted by Gasteiger charge is 2.33. The maximum absolute atomic E-state index is 3.68. The Hall–Kier alpha value is -0.0400. The molecule has 2 unspecified atom stereocenters. The van der Waals surface area contributed by atoms with E-state index in [2.05, 4.69) is 19.2 Å². The highest BCUT2D eigenvalue weighted by molar-refractivity contribution is 4.84. The van der Waals surface area contributed by atoms with Gasteiger partial charge >= 0.3 is 0 Å². The SMILES string of the molecule is CCCNCC1CCCCC1C1CCC(C)CC1. The van der Waals surface area contributed by atoms with E-state index in [1.54, 1.807) is 0 Å². The molecule has 2 atom stereocenters. The minimum absolute atomic E-state index is 0.990. The maximum Gasteiger partial charge on any atom is -0.00178 e. The van der Waals surface area contributed by atoms with Crippen LogP contribution in [-0.2, 0) is 0 Å². The van der Waals surface area contributed by atoms with Gasteiger partial charge in [-0.25, -0.2) is 0 Å². The second-order valence-corrected chi connectivity index (χ2v) is 6.93. The second-order valence-electron chi connectivity index (χ2n) is 6.93. The first-order chi connectivity index (χ1) is 8.81. The average molecular weight is 251 g/mol. The van der Waals surface area contributed by atoms with Gasteiger partial charge in [-0.3, -0.25) is 0 Å². The number of hydrogen-bond acceptors (Lipinski definition) is 1. The fraction of sp³-hybridized carbons (Fsp3) is 1.00. The Kier molecular flexibility index (Phi) is 6.01. The molecule has 2 aliphatic rings. The second kappa shape index (κ2) is 7.53. The van der Waals surface area contributed by atoms with Crippen molar-refractivity contribution in [3.63, 3.8) is 0 Å². The molecule has 0 bridgehead atoms. The monoisotopic (exact) mass is 251 g/mol. The molecule has 0 aromatic heterocycles. The van der Waals surface area contributed by atoms with Gasteiger partial charge in [-0.1, -0.05) is 39.5 Å². The molecule has 0 heterocycles. The van der Waals surface area contributed by atoms with Crippen molar-refractivity contribution < 1.29 is 0 Å². The van der Waals surface area contributed by atoms with Crippen molar-refractivity contribution in [2.75, 3.05) is 13.1 Å². The molecule has 0 aliphatic heterocycles. The number of rotatable bonds is 5. The van der Waals surface area contributed by atoms with Crippen LogP contribution < -0.4 is 5.32 Å². The Balaban J connectivity index is 1.82. The molecule has 0 saturated heterocycles. The molecule has 0 aromatic rings. The van der Waals surface area contributed by atoms with Gasteiger partial charge in [0.1, 0.15) is 0 Å². The topological polar surface area (TPSA) is 12.0 Å². The van der Waals surface area contributed by atoms with E-state index in [0.717, 1.165) is 23.7 Å². The maximum atomic E-state index is 3.68. The molecule has 2 fully saturated rings. The summed E-state index contributed by atoms with van der Waals surface area (Å²) in [4.78, 5) is 0. The molecule has 2 aliphatic carbocycles. The Morgan fingerprint density at radius 1 is 0.944 bits per heavy atom. The zero-order valence-corrected chi connectivity index (χ0v) is 12.6. The van der Waals surface area contributed by atoms with Gasteiger partial charge in [0.05, 0.1) is 0 Å². The van der Waals surface area contributed by atoms with Gasteiger partial charge in [0.15, 0.2) is 0 Å². The van der Waals surface area contributed by atoms with E-state index in [1.807, 2.05) is 0 Å². The Labute approximate surface area is 114 Å². The van der Waals surface area contributed by atoms with Crippen molar-refractivity contribution in [3.05, 3.63) is 0 Å². The van der Waals surface area contributed by atoms with Gasteiger partial charge in [0.25, 0.3) is 0 Å². The molecule has 0 radical (unpaired) electrons. The first-order valence-corrected chi connectivity index (χ1v) is 8.52. The van der Waals surface area contributed by atoms with Crippen molar-refractivity contribution in [3.8, 4) is 0 Å². The highest BCUT2D eigenvalue weighted by atomic mass is 14.9. The van der Waals surface area contributed by atoms with Crippen LogP contribution in [0.15, 0.2) is 0 Å². The largest absolute Gasteiger partial charge is 0.316 e. The van der Waals surface area contributed by atoms with Crippen LogP contribution in [0.3, 0.4) is 0 Å². The number of nitrogens with one attached hydrogen (secondary N) is 1. The van der Waals surface area contributed by atoms with E-state index in [0.29, 0.717) is 0 Å². The minimum Gasteiger partial charge on any atom is -0.316 e. The molecule has 1 heteroatoms. The molecular formula is C17H33N. The first kappa shape index (κ1) is 14.4. The predicted octanol–water partition coefficient (Wildman–Crippen LogP) is 4.62. The predicted molar refractivity (Wildman–Crippen MR) is 79.7 cm³/mol. The third-order valence-corrected chi connectivity index (χ3v) is 5.47. The molecule has 0 amide bonds. The van der Waals surface area contributed by atoms with Gasteiger partial charge < -0.3 is 5.32 Å². The molecule has 0 spiro atoms. The van der Waals surface area contributed by atoms with Crippen molar-refractivity contribution in [1.29, 1.82) is 0 Å². The van der Waals surface area contributed by atoms with Crippen LogP contribution in [0.25, 0.3) is 0 Å². The standard InChI is InChI=1S/C17H33N/c1-3-12-18-13-16-6-4-5-7-17(16)15-10-8-14(2)9-11-15/h14-18H,3-13H2,1-2H3. The van der Waals surface area contributed by atoms with Gasteiger partial charge in [-0.15, -0.1) is 0 Å². The van der Waals surface area contributed by atoms with Crippen LogP contribution in [0, 0.1) is 23.7 Å². The lowest BCUT2D eigenvalue weighted by molar-refractivity contribution is 0.114. The molecule has 2 saturated carbocycles. The highest BCUT2D eigenvalue weighted by Crippen LogP contribution is 2.42. The fourth-order valence-electron chi connectivity index (χ4n) is 4.29. The molecule has 1 N–H and O–H groups in total. The summed E-state index contributed by atoms with van der Waals surface area (Å²) in [6.07, 6.45) is 13.3. The summed E-state index contributed by atoms with van der Waals surface area (Å²) >= 11 is 0. The molecule has 0 aromatic carbocycles. The summed E-state index contributed by atoms with van der Waals surface area (Å²) in [6.45, 7) is 7.22. The molecule has 1 nitrogen and oxygen atoms in total. The Morgan fingerprint density at radius 3 is 2.39 bits per heavy atom. The number of hydrogen-bond donors (Lipinski definition) is 1. The lowest BCUT2D eigenvalue weighted by atomic mass is 9.66. The summed E-state index contributed by atoms with van der Waals surface area (Å²) in [5.41, 5.74) is 0. The average Bonchev–Trinajstić information content (AvgIpc) is 2.41. The summed E-state index contributed by atoms with van der Waals surface area (Å²) in [5, 5.41) is 3.68. The fourth-order valence-corrected chi connectivity index (χ4v) is 4.29. The third kappa shape index (κ3) is 3.98. The van der Waals surface area contributed by atoms with Gasteiger partial charge in [0, 0.05) is 0 Å². The van der Waals surface area contributed by atoms with Gasteiger partial charge in [0.2, 0.25) is 0 Å². The van der Waals surface area contributed by atoms with Crippen molar-refractivity contribution in [1.82, 2.24) is 5.32 Å². The van der Waals surface area contributed by atoms with E-state index in [4.69, 9.17) is 0 Å².